The van der Waals surface area contributed by atoms with Crippen molar-refractivity contribution in [2.24, 2.45) is 11.1 Å². The van der Waals surface area contributed by atoms with Crippen molar-refractivity contribution in [2.45, 2.75) is 44.4 Å². The van der Waals surface area contributed by atoms with Gasteiger partial charge in [0.1, 0.15) is 0 Å². The monoisotopic (exact) mass is 215 g/mol. The molecule has 3 saturated carbocycles. The van der Waals surface area contributed by atoms with E-state index in [9.17, 15) is 0 Å². The maximum Gasteiger partial charge on any atom is -0.00196 e. The van der Waals surface area contributed by atoms with E-state index in [2.05, 4.69) is 31.2 Å². The molecule has 0 heterocycles. The first-order chi connectivity index (χ1) is 7.72. The average molecular weight is 215 g/mol. The summed E-state index contributed by atoms with van der Waals surface area (Å²) in [6.07, 6.45) is 6.46. The highest BCUT2D eigenvalue weighted by molar-refractivity contribution is 5.40. The highest BCUT2D eigenvalue weighted by Crippen LogP contribution is 2.73. The summed E-state index contributed by atoms with van der Waals surface area (Å²) in [6, 6.07) is 9.33. The average Bonchev–Trinajstić information content (AvgIpc) is 2.18. The smallest absolute Gasteiger partial charge is 0.00196 e. The molecule has 2 N–H and O–H groups in total. The first-order valence-corrected chi connectivity index (χ1v) is 6.52. The molecule has 3 fully saturated rings. The lowest BCUT2D eigenvalue weighted by atomic mass is 9.33. The molecule has 0 amide bonds. The van der Waals surface area contributed by atoms with Gasteiger partial charge in [0, 0.05) is 0 Å². The molecular weight excluding hydrogens is 194 g/mol. The Kier molecular flexibility index (Phi) is 2.16. The molecule has 16 heavy (non-hydrogen) atoms. The lowest BCUT2D eigenvalue weighted by Crippen LogP contribution is -2.67. The lowest BCUT2D eigenvalue weighted by molar-refractivity contribution is -0.132. The van der Waals surface area contributed by atoms with Crippen molar-refractivity contribution >= 4 is 0 Å². The number of aryl methyl sites for hydroxylation is 1. The van der Waals surface area contributed by atoms with Crippen molar-refractivity contribution in [1.82, 2.24) is 0 Å². The number of hydrogen-bond acceptors (Lipinski definition) is 1. The van der Waals surface area contributed by atoms with Gasteiger partial charge in [-0.25, -0.2) is 0 Å². The second-order valence-electron chi connectivity index (χ2n) is 5.96. The van der Waals surface area contributed by atoms with Gasteiger partial charge >= 0.3 is 0 Å². The fraction of sp³-hybridized carbons (Fsp3) is 0.600. The molecule has 3 aliphatic carbocycles. The van der Waals surface area contributed by atoms with Crippen molar-refractivity contribution in [3.8, 4) is 0 Å². The predicted octanol–water partition coefficient (Wildman–Crippen LogP) is 3.02. The summed E-state index contributed by atoms with van der Waals surface area (Å²) in [7, 11) is 0. The predicted molar refractivity (Wildman–Crippen MR) is 67.5 cm³/mol. The molecule has 0 saturated heterocycles. The van der Waals surface area contributed by atoms with Crippen molar-refractivity contribution in [3.63, 3.8) is 0 Å². The molecule has 0 unspecified atom stereocenters. The summed E-state index contributed by atoms with van der Waals surface area (Å²) in [5, 5.41) is 0. The minimum Gasteiger partial charge on any atom is -0.330 e. The Balaban J connectivity index is 1.73. The third kappa shape index (κ3) is 1.27. The minimum absolute atomic E-state index is 0.532. The Hall–Kier alpha value is -0.820. The van der Waals surface area contributed by atoms with Crippen molar-refractivity contribution in [3.05, 3.63) is 35.4 Å². The SMILES string of the molecule is CCCc1ccc(C23CC(CN)(C2)C3)cc1. The third-order valence-electron chi connectivity index (χ3n) is 4.68. The Morgan fingerprint density at radius 1 is 1.12 bits per heavy atom. The molecule has 0 aromatic heterocycles. The Bertz CT molecular complexity index is 371. The van der Waals surface area contributed by atoms with Crippen LogP contribution in [0.5, 0.6) is 0 Å². The maximum absolute atomic E-state index is 5.81. The van der Waals surface area contributed by atoms with Crippen LogP contribution in [-0.2, 0) is 11.8 Å². The van der Waals surface area contributed by atoms with Crippen LogP contribution in [0, 0.1) is 5.41 Å². The molecule has 1 nitrogen and oxygen atoms in total. The van der Waals surface area contributed by atoms with Crippen molar-refractivity contribution in [2.75, 3.05) is 6.54 Å². The summed E-state index contributed by atoms with van der Waals surface area (Å²) in [4.78, 5) is 0. The van der Waals surface area contributed by atoms with Crippen molar-refractivity contribution in [1.29, 1.82) is 0 Å². The van der Waals surface area contributed by atoms with Gasteiger partial charge in [0.2, 0.25) is 0 Å². The molecule has 1 aromatic carbocycles. The summed E-state index contributed by atoms with van der Waals surface area (Å²) >= 11 is 0. The highest BCUT2D eigenvalue weighted by atomic mass is 14.8. The van der Waals surface area contributed by atoms with E-state index in [0.29, 0.717) is 10.8 Å². The molecule has 1 aromatic rings. The van der Waals surface area contributed by atoms with Gasteiger partial charge in [0.15, 0.2) is 0 Å². The highest BCUT2D eigenvalue weighted by Gasteiger charge is 2.67. The van der Waals surface area contributed by atoms with E-state index in [4.69, 9.17) is 5.73 Å². The van der Waals surface area contributed by atoms with Crippen molar-refractivity contribution < 1.29 is 0 Å². The molecule has 4 rings (SSSR count). The molecule has 1 heteroatoms. The van der Waals surface area contributed by atoms with Crippen LogP contribution in [-0.4, -0.2) is 6.54 Å². The standard InChI is InChI=1S/C15H21N/c1-2-3-12-4-6-13(7-5-12)15-8-14(9-15,10-15)11-16/h4-7H,2-3,8-11,16H2,1H3. The molecule has 0 atom stereocenters. The fourth-order valence-electron chi connectivity index (χ4n) is 3.83. The maximum atomic E-state index is 5.81. The zero-order valence-corrected chi connectivity index (χ0v) is 10.1. The molecular formula is C15H21N. The van der Waals surface area contributed by atoms with Gasteiger partial charge in [-0.1, -0.05) is 37.6 Å². The van der Waals surface area contributed by atoms with Gasteiger partial charge in [0.05, 0.1) is 0 Å². The number of hydrogen-bond donors (Lipinski definition) is 1. The van der Waals surface area contributed by atoms with Crippen LogP contribution >= 0.6 is 0 Å². The number of benzene rings is 1. The van der Waals surface area contributed by atoms with Gasteiger partial charge in [0.25, 0.3) is 0 Å². The second-order valence-corrected chi connectivity index (χ2v) is 5.96. The normalized spacial score (nSPS) is 35.4. The number of nitrogens with two attached hydrogens (primary N) is 1. The molecule has 86 valence electrons. The van der Waals surface area contributed by atoms with Crippen LogP contribution < -0.4 is 5.73 Å². The lowest BCUT2D eigenvalue weighted by Gasteiger charge is -2.71. The van der Waals surface area contributed by atoms with Gasteiger partial charge in [-0.15, -0.1) is 0 Å². The summed E-state index contributed by atoms with van der Waals surface area (Å²) in [6.45, 7) is 3.13. The molecule has 3 aliphatic rings. The second kappa shape index (κ2) is 3.33. The molecule has 0 radical (unpaired) electrons. The number of rotatable bonds is 4. The van der Waals surface area contributed by atoms with E-state index in [1.54, 1.807) is 5.56 Å². The first-order valence-electron chi connectivity index (χ1n) is 6.52. The van der Waals surface area contributed by atoms with Crippen LogP contribution in [0.4, 0.5) is 0 Å². The largest absolute Gasteiger partial charge is 0.330 e. The Labute approximate surface area is 98.0 Å². The van der Waals surface area contributed by atoms with E-state index in [1.807, 2.05) is 0 Å². The van der Waals surface area contributed by atoms with E-state index in [0.717, 1.165) is 6.54 Å². The minimum atomic E-state index is 0.532. The molecule has 2 bridgehead atoms. The van der Waals surface area contributed by atoms with Crippen LogP contribution in [0.2, 0.25) is 0 Å². The van der Waals surface area contributed by atoms with E-state index < -0.39 is 0 Å². The van der Waals surface area contributed by atoms with Gasteiger partial charge in [-0.2, -0.15) is 0 Å². The Morgan fingerprint density at radius 3 is 2.25 bits per heavy atom. The van der Waals surface area contributed by atoms with E-state index >= 15 is 0 Å². The van der Waals surface area contributed by atoms with Gasteiger partial charge < -0.3 is 5.73 Å². The van der Waals surface area contributed by atoms with E-state index in [-0.39, 0.29) is 0 Å². The first kappa shape index (κ1) is 10.3. The summed E-state index contributed by atoms with van der Waals surface area (Å²) in [5.74, 6) is 0. The Morgan fingerprint density at radius 2 is 1.75 bits per heavy atom. The zero-order valence-electron chi connectivity index (χ0n) is 10.1. The van der Waals surface area contributed by atoms with Gasteiger partial charge in [-0.05, 0) is 54.2 Å². The van der Waals surface area contributed by atoms with Crippen LogP contribution in [0.1, 0.15) is 43.7 Å². The summed E-state index contributed by atoms with van der Waals surface area (Å²) in [5.41, 5.74) is 9.92. The van der Waals surface area contributed by atoms with Crippen LogP contribution in [0.25, 0.3) is 0 Å². The topological polar surface area (TPSA) is 26.0 Å². The summed E-state index contributed by atoms with van der Waals surface area (Å²) < 4.78 is 0. The van der Waals surface area contributed by atoms with Gasteiger partial charge in [-0.3, -0.25) is 0 Å². The van der Waals surface area contributed by atoms with E-state index in [1.165, 1.54) is 37.7 Å². The van der Waals surface area contributed by atoms with Crippen LogP contribution in [0.15, 0.2) is 24.3 Å². The zero-order chi connectivity index (χ0) is 11.2. The van der Waals surface area contributed by atoms with Crippen LogP contribution in [0.3, 0.4) is 0 Å². The molecule has 0 aliphatic heterocycles. The third-order valence-corrected chi connectivity index (χ3v) is 4.68. The fourth-order valence-corrected chi connectivity index (χ4v) is 3.83. The molecule has 0 spiro atoms. The quantitative estimate of drug-likeness (QED) is 0.821.